The van der Waals surface area contributed by atoms with Gasteiger partial charge in [0.2, 0.25) is 23.6 Å². The topological polar surface area (TPSA) is 233 Å². The van der Waals surface area contributed by atoms with Gasteiger partial charge in [0.15, 0.2) is 0 Å². The Morgan fingerprint density at radius 1 is 0.246 bits per heavy atom. The zero-order valence-corrected chi connectivity index (χ0v) is 86.7. The predicted octanol–water partition coefficient (Wildman–Crippen LogP) is 26.5. The van der Waals surface area contributed by atoms with Crippen LogP contribution < -0.4 is 42.5 Å². The minimum absolute atomic E-state index is 0.234. The molecule has 0 aliphatic heterocycles. The Hall–Kier alpha value is -10.7. The summed E-state index contributed by atoms with van der Waals surface area (Å²) in [5.74, 6) is 5.83. The van der Waals surface area contributed by atoms with Gasteiger partial charge in [0.05, 0.1) is 0 Å². The zero-order valence-electron chi connectivity index (χ0n) is 84.7. The number of amides is 8. The molecule has 9 aromatic carbocycles. The highest BCUT2D eigenvalue weighted by Crippen LogP contribution is 2.47. The van der Waals surface area contributed by atoms with Crippen LogP contribution in [0.15, 0.2) is 146 Å². The maximum Gasteiger partial charge on any atom is 0.251 e. The molecule has 0 spiro atoms. The molecule has 16 nitrogen and oxygen atoms in total. The van der Waals surface area contributed by atoms with Gasteiger partial charge in [0, 0.05) is 59.6 Å². The second-order valence-electron chi connectivity index (χ2n) is 39.7. The molecule has 8 amide bonds. The van der Waals surface area contributed by atoms with E-state index >= 15 is 0 Å². The first-order valence-electron chi connectivity index (χ1n) is 51.1. The van der Waals surface area contributed by atoms with Crippen molar-refractivity contribution >= 4 is 106 Å². The van der Waals surface area contributed by atoms with Crippen LogP contribution in [-0.2, 0) is 19.2 Å². The molecule has 8 N–H and O–H groups in total. The fraction of sp³-hybridized carbons (Fsp3) is 0.500. The normalized spacial score (nSPS) is 12.7. The van der Waals surface area contributed by atoms with Crippen molar-refractivity contribution in [3.05, 3.63) is 179 Å². The highest BCUT2D eigenvalue weighted by molar-refractivity contribution is 6.91. The molecule has 718 valence electrons. The second kappa shape index (κ2) is 52.4. The van der Waals surface area contributed by atoms with E-state index < -0.39 is 40.3 Å². The number of carbonyl (C=O) groups excluding carboxylic acids is 8. The Labute approximate surface area is 804 Å². The molecule has 18 heteroatoms. The number of hydrogen-bond donors (Lipinski definition) is 8. The number of hydrogen-bond acceptors (Lipinski definition) is 8. The van der Waals surface area contributed by atoms with E-state index in [-0.39, 0.29) is 47.3 Å². The summed E-state index contributed by atoms with van der Waals surface area (Å²) in [6.07, 6.45) is 26.3. The molecular formula is C116H158N8O8Si2. The summed E-state index contributed by atoms with van der Waals surface area (Å²) in [6, 6.07) is 45.2. The monoisotopic (exact) mass is 1850 g/mol. The average molecular weight is 1850 g/mol. The highest BCUT2D eigenvalue weighted by atomic mass is 28.3. The molecule has 4 unspecified atom stereocenters. The van der Waals surface area contributed by atoms with Crippen molar-refractivity contribution in [3.63, 3.8) is 0 Å². The SMILES string of the molecule is CCCCCCCCNC(=O)C(C)NC(=O)c1ccc(-c2cc3cc4c(C#C[Si](C(C)C)(C(C)C)C(C)C)c5cc6cc(-c7ccc(C(=O)NC(C)C(=O)NCCCCCCCC)cc7)c(-c7ccc(C(=O)NC(C)C(=O)NCCCCCCCC)cc7)cc6cc5c(C#C[Si](C(C)C)(C(C)C)C(C)C)c4cc3cc2-c2ccc(C(=O)NC(C)C(=O)NCCCCCCCC)cc2)cc1. The number of unbranched alkanes of at least 4 members (excludes halogenated alkanes) is 20. The van der Waals surface area contributed by atoms with Crippen molar-refractivity contribution in [2.24, 2.45) is 0 Å². The minimum Gasteiger partial charge on any atom is -0.354 e. The molecule has 0 aromatic heterocycles. The number of carbonyl (C=O) groups is 8. The Kier molecular flexibility index (Phi) is 41.9. The molecule has 9 rings (SSSR count). The molecule has 0 saturated heterocycles. The van der Waals surface area contributed by atoms with E-state index in [0.717, 1.165) is 176 Å². The van der Waals surface area contributed by atoms with E-state index in [1.54, 1.807) is 27.7 Å². The first-order chi connectivity index (χ1) is 64.2. The van der Waals surface area contributed by atoms with Crippen LogP contribution in [0.1, 0.15) is 345 Å². The Balaban J connectivity index is 1.28. The number of nitrogens with one attached hydrogen (secondary N) is 8. The van der Waals surface area contributed by atoms with E-state index in [9.17, 15) is 38.4 Å². The van der Waals surface area contributed by atoms with E-state index in [1.807, 2.05) is 97.1 Å². The van der Waals surface area contributed by atoms with Crippen molar-refractivity contribution in [2.75, 3.05) is 26.2 Å². The quantitative estimate of drug-likeness (QED) is 0.00789. The van der Waals surface area contributed by atoms with E-state index in [0.29, 0.717) is 81.7 Å². The third-order valence-corrected chi connectivity index (χ3v) is 40.5. The van der Waals surface area contributed by atoms with Crippen LogP contribution in [0.25, 0.3) is 87.6 Å². The molecule has 0 radical (unpaired) electrons. The lowest BCUT2D eigenvalue weighted by molar-refractivity contribution is -0.123. The average Bonchev–Trinajstić information content (AvgIpc) is 0.718. The highest BCUT2D eigenvalue weighted by Gasteiger charge is 2.43. The summed E-state index contributed by atoms with van der Waals surface area (Å²) in [7, 11) is -5.00. The standard InChI is InChI=1S/C116H158N8O8Si2/c1-21-25-29-33-37-41-63-117-109(125)83(17)121-113(129)91-53-45-87(46-54-91)101-69-95-73-105-99(61-67-133(77(5)6,78(7)8)79(9)10)107-75-97-71-103(89-49-57-93(58-50-89)115(131)123-85(19)111(127)119-65-43-39-35-31-27-23-3)104(90-51-59-94(60-52-90)116(132)124-86(20)112(128)120-66-44-40-36-32-28-24-4)72-98(97)76-108(107)100(62-68-134(80(11)12,81(13)14)82(15)16)106(105)74-96(95)70-102(101)88-47-55-92(56-48-88)114(130)122-84(18)110(126)118-64-42-38-34-30-26-22-2/h45-60,69-86H,21-44,63-66H2,1-20H3,(H,117,125)(H,118,126)(H,119,127)(H,120,128)(H,121,129)(H,122,130)(H,123,131)(H,124,132). The molecule has 0 heterocycles. The van der Waals surface area contributed by atoms with Gasteiger partial charge in [0.1, 0.15) is 40.3 Å². The number of fused-ring (bicyclic) bond motifs is 4. The molecule has 0 aliphatic carbocycles. The second-order valence-corrected chi connectivity index (χ2v) is 50.8. The lowest BCUT2D eigenvalue weighted by Crippen LogP contribution is -2.45. The van der Waals surface area contributed by atoms with Gasteiger partial charge < -0.3 is 42.5 Å². The molecule has 9 aromatic rings. The van der Waals surface area contributed by atoms with Crippen molar-refractivity contribution in [1.29, 1.82) is 0 Å². The third kappa shape index (κ3) is 28.3. The van der Waals surface area contributed by atoms with Crippen molar-refractivity contribution in [2.45, 2.75) is 350 Å². The first kappa shape index (κ1) is 107. The van der Waals surface area contributed by atoms with Crippen LogP contribution in [0.5, 0.6) is 0 Å². The van der Waals surface area contributed by atoms with Gasteiger partial charge in [-0.2, -0.15) is 0 Å². The summed E-state index contributed by atoms with van der Waals surface area (Å²) in [4.78, 5) is 110. The fourth-order valence-corrected chi connectivity index (χ4v) is 30.3. The lowest BCUT2D eigenvalue weighted by atomic mass is 9.85. The molecule has 0 fully saturated rings. The molecule has 0 aliphatic rings. The molecular weight excluding hydrogens is 1690 g/mol. The summed E-state index contributed by atoms with van der Waals surface area (Å²) in [5, 5.41) is 31.5. The van der Waals surface area contributed by atoms with Crippen molar-refractivity contribution in [1.82, 2.24) is 42.5 Å². The number of benzene rings is 9. The van der Waals surface area contributed by atoms with E-state index in [4.69, 9.17) is 0 Å². The van der Waals surface area contributed by atoms with Crippen LogP contribution in [0.2, 0.25) is 33.2 Å². The molecule has 0 bridgehead atoms. The Morgan fingerprint density at radius 3 is 0.604 bits per heavy atom. The summed E-state index contributed by atoms with van der Waals surface area (Å²) in [6.45, 7) is 46.0. The van der Waals surface area contributed by atoms with Gasteiger partial charge in [-0.1, -0.05) is 300 Å². The molecule has 134 heavy (non-hydrogen) atoms. The Morgan fingerprint density at radius 2 is 0.425 bits per heavy atom. The molecule has 4 atom stereocenters. The predicted molar refractivity (Wildman–Crippen MR) is 567 cm³/mol. The van der Waals surface area contributed by atoms with Crippen molar-refractivity contribution < 1.29 is 38.4 Å². The van der Waals surface area contributed by atoms with E-state index in [1.165, 1.54) is 77.0 Å². The largest absolute Gasteiger partial charge is 0.354 e. The molecule has 0 saturated carbocycles. The maximum absolute atomic E-state index is 14.2. The first-order valence-corrected chi connectivity index (χ1v) is 55.5. The van der Waals surface area contributed by atoms with Crippen LogP contribution in [0.3, 0.4) is 0 Å². The summed E-state index contributed by atoms with van der Waals surface area (Å²) in [5.41, 5.74) is 20.4. The van der Waals surface area contributed by atoms with E-state index in [2.05, 4.69) is 225 Å². The smallest absolute Gasteiger partial charge is 0.251 e. The fourth-order valence-electron chi connectivity index (χ4n) is 19.9. The van der Waals surface area contributed by atoms with Gasteiger partial charge >= 0.3 is 0 Å². The maximum atomic E-state index is 14.2. The van der Waals surface area contributed by atoms with Crippen molar-refractivity contribution in [3.8, 4) is 67.4 Å². The van der Waals surface area contributed by atoms with Gasteiger partial charge in [0.25, 0.3) is 23.6 Å². The minimum atomic E-state index is -2.50. The van der Waals surface area contributed by atoms with Gasteiger partial charge in [-0.15, -0.1) is 11.1 Å². The summed E-state index contributed by atoms with van der Waals surface area (Å²) < 4.78 is 0. The zero-order chi connectivity index (χ0) is 97.3. The lowest BCUT2D eigenvalue weighted by Gasteiger charge is -2.38. The third-order valence-electron chi connectivity index (χ3n) is 28.0. The van der Waals surface area contributed by atoms with Crippen LogP contribution in [-0.4, -0.2) is 114 Å². The van der Waals surface area contributed by atoms with Crippen LogP contribution >= 0.6 is 0 Å². The van der Waals surface area contributed by atoms with Gasteiger partial charge in [-0.05, 0) is 271 Å². The van der Waals surface area contributed by atoms with Crippen LogP contribution in [0, 0.1) is 22.9 Å². The number of rotatable bonds is 50. The van der Waals surface area contributed by atoms with Crippen LogP contribution in [0.4, 0.5) is 0 Å². The summed E-state index contributed by atoms with van der Waals surface area (Å²) >= 11 is 0. The Bertz CT molecular complexity index is 4920. The van der Waals surface area contributed by atoms with Gasteiger partial charge in [-0.3, -0.25) is 38.4 Å². The van der Waals surface area contributed by atoms with Gasteiger partial charge in [-0.25, -0.2) is 0 Å².